The monoisotopic (exact) mass is 284 g/mol. The molecule has 2 aromatic carbocycles. The molecule has 0 bridgehead atoms. The summed E-state index contributed by atoms with van der Waals surface area (Å²) < 4.78 is 5.00. The zero-order chi connectivity index (χ0) is 14.2. The van der Waals surface area contributed by atoms with Gasteiger partial charge in [0.15, 0.2) is 0 Å². The van der Waals surface area contributed by atoms with Crippen LogP contribution >= 0.6 is 11.8 Å². The topological polar surface area (TPSA) is 26.3 Å². The molecule has 0 saturated carbocycles. The molecule has 2 rings (SSSR count). The molecule has 0 atom stereocenters. The van der Waals surface area contributed by atoms with Crippen LogP contribution in [0.2, 0.25) is 0 Å². The molecule has 2 aromatic rings. The fraction of sp³-hybridized carbons (Fsp3) is 0.118. The predicted molar refractivity (Wildman–Crippen MR) is 83.4 cm³/mol. The molecule has 0 spiro atoms. The van der Waals surface area contributed by atoms with E-state index in [2.05, 4.69) is 0 Å². The smallest absolute Gasteiger partial charge is 0.331 e. The van der Waals surface area contributed by atoms with Gasteiger partial charge in [-0.05, 0) is 24.6 Å². The average Bonchev–Trinajstić information content (AvgIpc) is 2.49. The predicted octanol–water partition coefficient (Wildman–Crippen LogP) is 4.38. The highest BCUT2D eigenvalue weighted by molar-refractivity contribution is 8.08. The van der Waals surface area contributed by atoms with Crippen molar-refractivity contribution in [2.45, 2.75) is 11.8 Å². The molecule has 0 saturated heterocycles. The van der Waals surface area contributed by atoms with Crippen LogP contribution in [-0.2, 0) is 9.53 Å². The summed E-state index contributed by atoms with van der Waals surface area (Å²) in [6, 6.07) is 19.8. The van der Waals surface area contributed by atoms with Gasteiger partial charge in [-0.1, -0.05) is 60.3 Å². The van der Waals surface area contributed by atoms with Gasteiger partial charge in [0.05, 0.1) is 6.61 Å². The lowest BCUT2D eigenvalue weighted by Crippen LogP contribution is -2.00. The summed E-state index contributed by atoms with van der Waals surface area (Å²) in [6.07, 6.45) is 1.55. The number of thioether (sulfide) groups is 1. The largest absolute Gasteiger partial charge is 0.463 e. The maximum Gasteiger partial charge on any atom is 0.331 e. The Bertz CT molecular complexity index is 576. The van der Waals surface area contributed by atoms with Gasteiger partial charge in [0, 0.05) is 15.9 Å². The Morgan fingerprint density at radius 2 is 1.65 bits per heavy atom. The van der Waals surface area contributed by atoms with Gasteiger partial charge in [0.25, 0.3) is 0 Å². The van der Waals surface area contributed by atoms with Gasteiger partial charge in [0.2, 0.25) is 0 Å². The molecular weight excluding hydrogens is 268 g/mol. The lowest BCUT2D eigenvalue weighted by molar-refractivity contribution is -0.137. The van der Waals surface area contributed by atoms with Crippen molar-refractivity contribution in [1.82, 2.24) is 0 Å². The lowest BCUT2D eigenvalue weighted by Gasteiger charge is -2.07. The summed E-state index contributed by atoms with van der Waals surface area (Å²) in [5.41, 5.74) is 1.01. The minimum Gasteiger partial charge on any atom is -0.463 e. The van der Waals surface area contributed by atoms with E-state index in [1.54, 1.807) is 24.8 Å². The van der Waals surface area contributed by atoms with Crippen LogP contribution in [0.3, 0.4) is 0 Å². The molecule has 0 heterocycles. The van der Waals surface area contributed by atoms with Crippen molar-refractivity contribution >= 4 is 22.6 Å². The van der Waals surface area contributed by atoms with Crippen LogP contribution in [0.1, 0.15) is 12.5 Å². The summed E-state index contributed by atoms with van der Waals surface area (Å²) in [7, 11) is 0. The zero-order valence-corrected chi connectivity index (χ0v) is 12.1. The van der Waals surface area contributed by atoms with Crippen molar-refractivity contribution in [2.24, 2.45) is 0 Å². The average molecular weight is 284 g/mol. The van der Waals surface area contributed by atoms with Crippen LogP contribution in [0.4, 0.5) is 0 Å². The first-order valence-electron chi connectivity index (χ1n) is 6.46. The van der Waals surface area contributed by atoms with Crippen molar-refractivity contribution in [3.05, 3.63) is 72.3 Å². The van der Waals surface area contributed by atoms with Gasteiger partial charge < -0.3 is 4.74 Å². The number of carbonyl (C=O) groups excluding carboxylic acids is 1. The van der Waals surface area contributed by atoms with Crippen LogP contribution in [0, 0.1) is 0 Å². The Hall–Kier alpha value is -2.00. The van der Waals surface area contributed by atoms with E-state index in [0.717, 1.165) is 15.4 Å². The SMILES string of the molecule is CCOC(=O)/C=C(/Sc1ccccc1)c1ccccc1. The molecule has 0 aliphatic rings. The number of rotatable bonds is 5. The minimum absolute atomic E-state index is 0.310. The molecular formula is C17H16O2S. The van der Waals surface area contributed by atoms with E-state index in [4.69, 9.17) is 4.74 Å². The Balaban J connectivity index is 2.27. The fourth-order valence-electron chi connectivity index (χ4n) is 1.68. The molecule has 0 aliphatic carbocycles. The van der Waals surface area contributed by atoms with E-state index in [1.165, 1.54) is 0 Å². The minimum atomic E-state index is -0.310. The van der Waals surface area contributed by atoms with Crippen molar-refractivity contribution in [1.29, 1.82) is 0 Å². The Kier molecular flexibility index (Phi) is 5.44. The zero-order valence-electron chi connectivity index (χ0n) is 11.3. The van der Waals surface area contributed by atoms with Crippen LogP contribution in [0.15, 0.2) is 71.6 Å². The maximum atomic E-state index is 11.7. The van der Waals surface area contributed by atoms with Gasteiger partial charge in [-0.2, -0.15) is 0 Å². The first kappa shape index (κ1) is 14.4. The van der Waals surface area contributed by atoms with Crippen LogP contribution in [0.5, 0.6) is 0 Å². The molecule has 0 aromatic heterocycles. The van der Waals surface area contributed by atoms with E-state index in [0.29, 0.717) is 6.61 Å². The molecule has 2 nitrogen and oxygen atoms in total. The summed E-state index contributed by atoms with van der Waals surface area (Å²) in [5.74, 6) is -0.310. The first-order chi connectivity index (χ1) is 9.79. The molecule has 0 aliphatic heterocycles. The van der Waals surface area contributed by atoms with Crippen molar-refractivity contribution in [3.63, 3.8) is 0 Å². The van der Waals surface area contributed by atoms with Gasteiger partial charge in [-0.25, -0.2) is 4.79 Å². The number of carbonyl (C=O) groups is 1. The molecule has 0 unspecified atom stereocenters. The number of hydrogen-bond donors (Lipinski definition) is 0. The standard InChI is InChI=1S/C17H16O2S/c1-2-19-17(18)13-16(14-9-5-3-6-10-14)20-15-11-7-4-8-12-15/h3-13H,2H2,1H3/b16-13+. The highest BCUT2D eigenvalue weighted by atomic mass is 32.2. The summed E-state index contributed by atoms with van der Waals surface area (Å²) in [6.45, 7) is 2.19. The Labute approximate surface area is 123 Å². The number of benzene rings is 2. The van der Waals surface area contributed by atoms with Gasteiger partial charge in [0.1, 0.15) is 0 Å². The lowest BCUT2D eigenvalue weighted by atomic mass is 10.2. The quantitative estimate of drug-likeness (QED) is 0.463. The van der Waals surface area contributed by atoms with Crippen molar-refractivity contribution in [3.8, 4) is 0 Å². The molecule has 0 amide bonds. The second-order valence-corrected chi connectivity index (χ2v) is 5.16. The van der Waals surface area contributed by atoms with E-state index in [-0.39, 0.29) is 5.97 Å². The first-order valence-corrected chi connectivity index (χ1v) is 7.28. The van der Waals surface area contributed by atoms with E-state index >= 15 is 0 Å². The summed E-state index contributed by atoms with van der Waals surface area (Å²) >= 11 is 1.56. The number of hydrogen-bond acceptors (Lipinski definition) is 3. The molecule has 3 heteroatoms. The summed E-state index contributed by atoms with van der Waals surface area (Å²) in [4.78, 5) is 13.7. The van der Waals surface area contributed by atoms with Crippen LogP contribution in [0.25, 0.3) is 4.91 Å². The van der Waals surface area contributed by atoms with Crippen LogP contribution in [-0.4, -0.2) is 12.6 Å². The third kappa shape index (κ3) is 4.28. The molecule has 0 N–H and O–H groups in total. The van der Waals surface area contributed by atoms with Gasteiger partial charge in [-0.15, -0.1) is 0 Å². The van der Waals surface area contributed by atoms with Crippen molar-refractivity contribution in [2.75, 3.05) is 6.61 Å². The molecule has 0 fully saturated rings. The number of esters is 1. The Morgan fingerprint density at radius 3 is 2.25 bits per heavy atom. The van der Waals surface area contributed by atoms with E-state index in [1.807, 2.05) is 60.7 Å². The third-order valence-electron chi connectivity index (χ3n) is 2.56. The fourth-order valence-corrected chi connectivity index (χ4v) is 2.64. The molecule has 0 radical (unpaired) electrons. The van der Waals surface area contributed by atoms with Crippen molar-refractivity contribution < 1.29 is 9.53 Å². The second kappa shape index (κ2) is 7.56. The molecule has 20 heavy (non-hydrogen) atoms. The summed E-state index contributed by atoms with van der Waals surface area (Å²) in [5, 5.41) is 0. The number of ether oxygens (including phenoxy) is 1. The highest BCUT2D eigenvalue weighted by Crippen LogP contribution is 2.33. The van der Waals surface area contributed by atoms with E-state index < -0.39 is 0 Å². The Morgan fingerprint density at radius 1 is 1.05 bits per heavy atom. The maximum absolute atomic E-state index is 11.7. The normalized spacial score (nSPS) is 11.2. The third-order valence-corrected chi connectivity index (χ3v) is 3.65. The molecule has 102 valence electrons. The highest BCUT2D eigenvalue weighted by Gasteiger charge is 2.07. The van der Waals surface area contributed by atoms with Gasteiger partial charge >= 0.3 is 5.97 Å². The van der Waals surface area contributed by atoms with Gasteiger partial charge in [-0.3, -0.25) is 0 Å². The second-order valence-electron chi connectivity index (χ2n) is 4.04. The van der Waals surface area contributed by atoms with Crippen LogP contribution < -0.4 is 0 Å². The van der Waals surface area contributed by atoms with E-state index in [9.17, 15) is 4.79 Å².